The standard InChI is InChI=1S/C14H10N2O6/c17-12-9(14(19)20)5-3-6-10(12)15-13(18)8-4-1-2-7-11(8)16(21)22/h1-7,17H,(H,15,18)(H,19,20). The number of carboxylic acid groups (broad SMARTS) is 1. The second kappa shape index (κ2) is 5.92. The minimum atomic E-state index is -1.36. The fourth-order valence-electron chi connectivity index (χ4n) is 1.83. The van der Waals surface area contributed by atoms with Crippen molar-refractivity contribution < 1.29 is 24.7 Å². The van der Waals surface area contributed by atoms with Crippen molar-refractivity contribution in [1.29, 1.82) is 0 Å². The van der Waals surface area contributed by atoms with Crippen molar-refractivity contribution in [3.63, 3.8) is 0 Å². The molecule has 0 atom stereocenters. The number of benzene rings is 2. The molecule has 2 aromatic rings. The number of carboxylic acids is 1. The summed E-state index contributed by atoms with van der Waals surface area (Å²) < 4.78 is 0. The Balaban J connectivity index is 2.37. The molecule has 8 heteroatoms. The van der Waals surface area contributed by atoms with Gasteiger partial charge in [0.1, 0.15) is 11.1 Å². The molecule has 0 bridgehead atoms. The number of hydrogen-bond acceptors (Lipinski definition) is 5. The molecule has 2 aromatic carbocycles. The van der Waals surface area contributed by atoms with Gasteiger partial charge in [-0.3, -0.25) is 14.9 Å². The number of nitro groups is 1. The molecule has 0 unspecified atom stereocenters. The van der Waals surface area contributed by atoms with E-state index < -0.39 is 28.2 Å². The number of para-hydroxylation sites is 2. The molecule has 3 N–H and O–H groups in total. The summed E-state index contributed by atoms with van der Waals surface area (Å²) >= 11 is 0. The normalized spacial score (nSPS) is 10.0. The highest BCUT2D eigenvalue weighted by Gasteiger charge is 2.21. The van der Waals surface area contributed by atoms with Gasteiger partial charge in [-0.15, -0.1) is 0 Å². The van der Waals surface area contributed by atoms with Crippen LogP contribution in [0, 0.1) is 10.1 Å². The molecule has 0 aliphatic carbocycles. The lowest BCUT2D eigenvalue weighted by molar-refractivity contribution is -0.385. The van der Waals surface area contributed by atoms with E-state index in [4.69, 9.17) is 5.11 Å². The van der Waals surface area contributed by atoms with Crippen molar-refractivity contribution >= 4 is 23.3 Å². The number of hydrogen-bond donors (Lipinski definition) is 3. The molecule has 0 aliphatic heterocycles. The summed E-state index contributed by atoms with van der Waals surface area (Å²) in [6, 6.07) is 9.08. The quantitative estimate of drug-likeness (QED) is 0.451. The number of nitrogens with zero attached hydrogens (tertiary/aromatic N) is 1. The summed E-state index contributed by atoms with van der Waals surface area (Å²) in [4.78, 5) is 33.2. The van der Waals surface area contributed by atoms with Crippen LogP contribution in [0.3, 0.4) is 0 Å². The molecule has 0 saturated carbocycles. The Morgan fingerprint density at radius 1 is 1.05 bits per heavy atom. The van der Waals surface area contributed by atoms with Crippen molar-refractivity contribution in [2.45, 2.75) is 0 Å². The first-order valence-electron chi connectivity index (χ1n) is 6.02. The molecule has 0 fully saturated rings. The minimum absolute atomic E-state index is 0.150. The molecular formula is C14H10N2O6. The predicted molar refractivity (Wildman–Crippen MR) is 76.1 cm³/mol. The van der Waals surface area contributed by atoms with E-state index in [0.29, 0.717) is 0 Å². The number of anilines is 1. The second-order valence-electron chi connectivity index (χ2n) is 4.24. The Morgan fingerprint density at radius 2 is 1.68 bits per heavy atom. The Morgan fingerprint density at radius 3 is 2.32 bits per heavy atom. The lowest BCUT2D eigenvalue weighted by Crippen LogP contribution is -2.14. The molecular weight excluding hydrogens is 292 g/mol. The van der Waals surface area contributed by atoms with Crippen LogP contribution >= 0.6 is 0 Å². The van der Waals surface area contributed by atoms with Crippen LogP contribution in [0.5, 0.6) is 5.75 Å². The van der Waals surface area contributed by atoms with E-state index in [1.807, 2.05) is 0 Å². The predicted octanol–water partition coefficient (Wildman–Crippen LogP) is 2.25. The van der Waals surface area contributed by atoms with Gasteiger partial charge in [-0.25, -0.2) is 4.79 Å². The van der Waals surface area contributed by atoms with Gasteiger partial charge >= 0.3 is 5.97 Å². The van der Waals surface area contributed by atoms with E-state index in [0.717, 1.165) is 6.07 Å². The average Bonchev–Trinajstić information content (AvgIpc) is 2.49. The smallest absolute Gasteiger partial charge is 0.339 e. The summed E-state index contributed by atoms with van der Waals surface area (Å²) in [5.41, 5.74) is -1.13. The summed E-state index contributed by atoms with van der Waals surface area (Å²) in [6.45, 7) is 0. The van der Waals surface area contributed by atoms with Gasteiger partial charge in [-0.05, 0) is 18.2 Å². The van der Waals surface area contributed by atoms with E-state index in [2.05, 4.69) is 5.32 Å². The van der Waals surface area contributed by atoms with E-state index in [1.54, 1.807) is 0 Å². The molecule has 2 rings (SSSR count). The molecule has 0 spiro atoms. The number of carbonyl (C=O) groups is 2. The van der Waals surface area contributed by atoms with Gasteiger partial charge in [0, 0.05) is 6.07 Å². The van der Waals surface area contributed by atoms with Crippen molar-refractivity contribution in [3.05, 3.63) is 63.7 Å². The number of aromatic carboxylic acids is 1. The lowest BCUT2D eigenvalue weighted by atomic mass is 10.1. The minimum Gasteiger partial charge on any atom is -0.505 e. The van der Waals surface area contributed by atoms with Crippen LogP contribution in [-0.2, 0) is 0 Å². The zero-order valence-electron chi connectivity index (χ0n) is 11.0. The van der Waals surface area contributed by atoms with Crippen LogP contribution in [0.2, 0.25) is 0 Å². The fraction of sp³-hybridized carbons (Fsp3) is 0. The molecule has 22 heavy (non-hydrogen) atoms. The topological polar surface area (TPSA) is 130 Å². The van der Waals surface area contributed by atoms with E-state index in [1.165, 1.54) is 36.4 Å². The van der Waals surface area contributed by atoms with Crippen molar-refractivity contribution in [3.8, 4) is 5.75 Å². The largest absolute Gasteiger partial charge is 0.505 e. The van der Waals surface area contributed by atoms with Crippen molar-refractivity contribution in [1.82, 2.24) is 0 Å². The van der Waals surface area contributed by atoms with E-state index >= 15 is 0 Å². The SMILES string of the molecule is O=C(Nc1cccc(C(=O)O)c1O)c1ccccc1[N+](=O)[O-]. The van der Waals surface area contributed by atoms with Crippen molar-refractivity contribution in [2.24, 2.45) is 0 Å². The number of carbonyl (C=O) groups excluding carboxylic acids is 1. The van der Waals surface area contributed by atoms with Crippen LogP contribution in [0.25, 0.3) is 0 Å². The van der Waals surface area contributed by atoms with Crippen LogP contribution in [0.15, 0.2) is 42.5 Å². The Kier molecular flexibility index (Phi) is 4.03. The molecule has 0 saturated heterocycles. The molecule has 112 valence electrons. The molecule has 8 nitrogen and oxygen atoms in total. The van der Waals surface area contributed by atoms with Crippen LogP contribution in [-0.4, -0.2) is 27.0 Å². The maximum absolute atomic E-state index is 12.1. The molecule has 0 radical (unpaired) electrons. The zero-order chi connectivity index (χ0) is 16.3. The number of phenols is 1. The average molecular weight is 302 g/mol. The van der Waals surface area contributed by atoms with Gasteiger partial charge in [-0.1, -0.05) is 18.2 Å². The first kappa shape index (κ1) is 15.0. The first-order chi connectivity index (χ1) is 10.4. The Bertz CT molecular complexity index is 772. The molecule has 0 aliphatic rings. The lowest BCUT2D eigenvalue weighted by Gasteiger charge is -2.09. The molecule has 1 amide bonds. The van der Waals surface area contributed by atoms with Crippen LogP contribution < -0.4 is 5.32 Å². The molecule has 0 heterocycles. The van der Waals surface area contributed by atoms with Gasteiger partial charge in [0.25, 0.3) is 11.6 Å². The third-order valence-electron chi connectivity index (χ3n) is 2.86. The summed E-state index contributed by atoms with van der Waals surface area (Å²) in [5, 5.41) is 31.8. The fourth-order valence-corrected chi connectivity index (χ4v) is 1.83. The zero-order valence-corrected chi connectivity index (χ0v) is 11.0. The summed E-state index contributed by atoms with van der Waals surface area (Å²) in [7, 11) is 0. The Labute approximate surface area is 123 Å². The first-order valence-corrected chi connectivity index (χ1v) is 6.02. The molecule has 0 aromatic heterocycles. The monoisotopic (exact) mass is 302 g/mol. The highest BCUT2D eigenvalue weighted by Crippen LogP contribution is 2.28. The van der Waals surface area contributed by atoms with Crippen molar-refractivity contribution in [2.75, 3.05) is 5.32 Å². The van der Waals surface area contributed by atoms with E-state index in [9.17, 15) is 24.8 Å². The summed E-state index contributed by atoms with van der Waals surface area (Å²) in [6.07, 6.45) is 0. The Hall–Kier alpha value is -3.42. The van der Waals surface area contributed by atoms with Gasteiger partial charge in [0.05, 0.1) is 10.6 Å². The number of nitro benzene ring substituents is 1. The maximum Gasteiger partial charge on any atom is 0.339 e. The second-order valence-corrected chi connectivity index (χ2v) is 4.24. The van der Waals surface area contributed by atoms with Gasteiger partial charge in [-0.2, -0.15) is 0 Å². The maximum atomic E-state index is 12.1. The highest BCUT2D eigenvalue weighted by atomic mass is 16.6. The summed E-state index contributed by atoms with van der Waals surface area (Å²) in [5.74, 6) is -2.81. The number of nitrogens with one attached hydrogen (secondary N) is 1. The van der Waals surface area contributed by atoms with E-state index in [-0.39, 0.29) is 16.8 Å². The highest BCUT2D eigenvalue weighted by molar-refractivity contribution is 6.08. The van der Waals surface area contributed by atoms with Gasteiger partial charge < -0.3 is 15.5 Å². The third kappa shape index (κ3) is 2.85. The number of rotatable bonds is 4. The van der Waals surface area contributed by atoms with Gasteiger partial charge in [0.2, 0.25) is 0 Å². The number of aromatic hydroxyl groups is 1. The number of amides is 1. The van der Waals surface area contributed by atoms with Crippen LogP contribution in [0.4, 0.5) is 11.4 Å². The third-order valence-corrected chi connectivity index (χ3v) is 2.86. The van der Waals surface area contributed by atoms with Crippen LogP contribution in [0.1, 0.15) is 20.7 Å². The van der Waals surface area contributed by atoms with Gasteiger partial charge in [0.15, 0.2) is 5.75 Å².